The molecule has 1 fully saturated rings. The van der Waals surface area contributed by atoms with Crippen molar-refractivity contribution in [2.45, 2.75) is 39.0 Å². The monoisotopic (exact) mass is 186 g/mol. The Bertz CT molecular complexity index is 171. The van der Waals surface area contributed by atoms with Gasteiger partial charge in [0.05, 0.1) is 18.6 Å². The first-order valence-corrected chi connectivity index (χ1v) is 5.03. The fourth-order valence-electron chi connectivity index (χ4n) is 1.94. The molecule has 1 aliphatic carbocycles. The summed E-state index contributed by atoms with van der Waals surface area (Å²) < 4.78 is 4.98. The van der Waals surface area contributed by atoms with Crippen LogP contribution in [0.1, 0.15) is 39.0 Å². The van der Waals surface area contributed by atoms with Crippen LogP contribution in [0.5, 0.6) is 0 Å². The summed E-state index contributed by atoms with van der Waals surface area (Å²) >= 11 is 0. The number of esters is 1. The molecule has 3 nitrogen and oxygen atoms in total. The van der Waals surface area contributed by atoms with Crippen molar-refractivity contribution in [2.24, 2.45) is 5.41 Å². The Morgan fingerprint density at radius 1 is 1.38 bits per heavy atom. The van der Waals surface area contributed by atoms with E-state index in [2.05, 4.69) is 0 Å². The van der Waals surface area contributed by atoms with Crippen molar-refractivity contribution in [3.8, 4) is 0 Å². The number of hydrogen-bond donors (Lipinski definition) is 1. The zero-order valence-electron chi connectivity index (χ0n) is 8.21. The molecule has 13 heavy (non-hydrogen) atoms. The quantitative estimate of drug-likeness (QED) is 0.679. The molecule has 0 aromatic rings. The molecule has 0 bridgehead atoms. The third-order valence-electron chi connectivity index (χ3n) is 2.82. The summed E-state index contributed by atoms with van der Waals surface area (Å²) in [5.74, 6) is -0.211. The van der Waals surface area contributed by atoms with Gasteiger partial charge in [-0.15, -0.1) is 0 Å². The van der Waals surface area contributed by atoms with Crippen molar-refractivity contribution >= 4 is 5.97 Å². The van der Waals surface area contributed by atoms with E-state index in [9.17, 15) is 9.90 Å². The molecule has 0 radical (unpaired) electrons. The van der Waals surface area contributed by atoms with Crippen molar-refractivity contribution in [2.75, 3.05) is 13.2 Å². The Kier molecular flexibility index (Phi) is 3.72. The van der Waals surface area contributed by atoms with Crippen LogP contribution in [0.2, 0.25) is 0 Å². The second kappa shape index (κ2) is 4.61. The predicted molar refractivity (Wildman–Crippen MR) is 49.2 cm³/mol. The molecule has 0 heterocycles. The maximum Gasteiger partial charge on any atom is 0.314 e. The van der Waals surface area contributed by atoms with Crippen molar-refractivity contribution in [3.63, 3.8) is 0 Å². The van der Waals surface area contributed by atoms with Crippen molar-refractivity contribution in [3.05, 3.63) is 0 Å². The molecule has 1 aliphatic rings. The standard InChI is InChI=1S/C10H18O3/c1-2-13-9(12)10(8-11)6-4-3-5-7-10/h11H,2-8H2,1H3. The smallest absolute Gasteiger partial charge is 0.314 e. The highest BCUT2D eigenvalue weighted by molar-refractivity contribution is 5.77. The molecule has 3 heteroatoms. The Morgan fingerprint density at radius 3 is 2.46 bits per heavy atom. The van der Waals surface area contributed by atoms with Gasteiger partial charge < -0.3 is 9.84 Å². The second-order valence-electron chi connectivity index (χ2n) is 3.72. The minimum absolute atomic E-state index is 0.0637. The van der Waals surface area contributed by atoms with Crippen LogP contribution in [0, 0.1) is 5.41 Å². The molecule has 0 aromatic carbocycles. The normalized spacial score (nSPS) is 21.1. The van der Waals surface area contributed by atoms with Crippen LogP contribution in [0.15, 0.2) is 0 Å². The molecular weight excluding hydrogens is 168 g/mol. The summed E-state index contributed by atoms with van der Waals surface area (Å²) in [6.07, 6.45) is 4.78. The van der Waals surface area contributed by atoms with E-state index < -0.39 is 5.41 Å². The number of carbonyl (C=O) groups is 1. The molecule has 0 saturated heterocycles. The van der Waals surface area contributed by atoms with E-state index in [1.807, 2.05) is 0 Å². The molecule has 1 N–H and O–H groups in total. The van der Waals surface area contributed by atoms with Gasteiger partial charge in [0, 0.05) is 0 Å². The van der Waals surface area contributed by atoms with Crippen LogP contribution in [-0.2, 0) is 9.53 Å². The average Bonchev–Trinajstić information content (AvgIpc) is 2.19. The van der Waals surface area contributed by atoms with Crippen molar-refractivity contribution in [1.82, 2.24) is 0 Å². The van der Waals surface area contributed by atoms with Crippen molar-refractivity contribution in [1.29, 1.82) is 0 Å². The average molecular weight is 186 g/mol. The van der Waals surface area contributed by atoms with E-state index in [1.165, 1.54) is 6.42 Å². The van der Waals surface area contributed by atoms with E-state index >= 15 is 0 Å². The Morgan fingerprint density at radius 2 is 2.00 bits per heavy atom. The molecule has 0 amide bonds. The predicted octanol–water partition coefficient (Wildman–Crippen LogP) is 1.49. The van der Waals surface area contributed by atoms with Crippen molar-refractivity contribution < 1.29 is 14.6 Å². The summed E-state index contributed by atoms with van der Waals surface area (Å²) in [5.41, 5.74) is -0.575. The number of rotatable bonds is 3. The zero-order chi connectivity index (χ0) is 9.73. The highest BCUT2D eigenvalue weighted by Crippen LogP contribution is 2.36. The SMILES string of the molecule is CCOC(=O)C1(CO)CCCCC1. The van der Waals surface area contributed by atoms with Crippen LogP contribution in [0.3, 0.4) is 0 Å². The van der Waals surface area contributed by atoms with Crippen LogP contribution in [0.4, 0.5) is 0 Å². The highest BCUT2D eigenvalue weighted by atomic mass is 16.5. The molecule has 1 saturated carbocycles. The molecule has 0 aromatic heterocycles. The van der Waals surface area contributed by atoms with Gasteiger partial charge in [-0.2, -0.15) is 0 Å². The topological polar surface area (TPSA) is 46.5 Å². The Balaban J connectivity index is 2.61. The second-order valence-corrected chi connectivity index (χ2v) is 3.72. The minimum atomic E-state index is -0.575. The van der Waals surface area contributed by atoms with Gasteiger partial charge in [-0.05, 0) is 19.8 Å². The third kappa shape index (κ3) is 2.21. The number of aliphatic hydroxyl groups excluding tert-OH is 1. The van der Waals surface area contributed by atoms with Crippen LogP contribution < -0.4 is 0 Å². The number of hydrogen-bond acceptors (Lipinski definition) is 3. The number of aliphatic hydroxyl groups is 1. The zero-order valence-corrected chi connectivity index (χ0v) is 8.21. The lowest BCUT2D eigenvalue weighted by Crippen LogP contribution is -2.38. The lowest BCUT2D eigenvalue weighted by atomic mass is 9.75. The van der Waals surface area contributed by atoms with Gasteiger partial charge >= 0.3 is 5.97 Å². The van der Waals surface area contributed by atoms with Gasteiger partial charge in [-0.1, -0.05) is 19.3 Å². The molecule has 0 atom stereocenters. The van der Waals surface area contributed by atoms with Gasteiger partial charge in [0.2, 0.25) is 0 Å². The number of carbonyl (C=O) groups excluding carboxylic acids is 1. The molecule has 0 spiro atoms. The Labute approximate surface area is 79.1 Å². The van der Waals surface area contributed by atoms with Gasteiger partial charge in [0.1, 0.15) is 0 Å². The summed E-state index contributed by atoms with van der Waals surface area (Å²) in [4.78, 5) is 11.6. The van der Waals surface area contributed by atoms with Gasteiger partial charge in [-0.3, -0.25) is 4.79 Å². The van der Waals surface area contributed by atoms with Gasteiger partial charge in [-0.25, -0.2) is 0 Å². The molecule has 0 unspecified atom stereocenters. The van der Waals surface area contributed by atoms with E-state index in [4.69, 9.17) is 4.74 Å². The first-order chi connectivity index (χ1) is 6.25. The van der Waals surface area contributed by atoms with E-state index in [0.717, 1.165) is 25.7 Å². The fraction of sp³-hybridized carbons (Fsp3) is 0.900. The summed E-state index contributed by atoms with van der Waals surface area (Å²) in [6.45, 7) is 2.14. The molecule has 76 valence electrons. The maximum absolute atomic E-state index is 11.6. The molecule has 0 aliphatic heterocycles. The highest BCUT2D eigenvalue weighted by Gasteiger charge is 2.40. The van der Waals surface area contributed by atoms with E-state index in [0.29, 0.717) is 6.61 Å². The minimum Gasteiger partial charge on any atom is -0.465 e. The van der Waals surface area contributed by atoms with Gasteiger partial charge in [0.15, 0.2) is 0 Å². The Hall–Kier alpha value is -0.570. The lowest BCUT2D eigenvalue weighted by molar-refractivity contribution is -0.160. The molecular formula is C10H18O3. The van der Waals surface area contributed by atoms with Crippen LogP contribution >= 0.6 is 0 Å². The first kappa shape index (κ1) is 10.5. The number of ether oxygens (including phenoxy) is 1. The summed E-state index contributed by atoms with van der Waals surface area (Å²) in [5, 5.41) is 9.24. The third-order valence-corrected chi connectivity index (χ3v) is 2.82. The lowest BCUT2D eigenvalue weighted by Gasteiger charge is -2.32. The maximum atomic E-state index is 11.6. The van der Waals surface area contributed by atoms with E-state index in [-0.39, 0.29) is 12.6 Å². The van der Waals surface area contributed by atoms with Crippen LogP contribution in [-0.4, -0.2) is 24.3 Å². The largest absolute Gasteiger partial charge is 0.465 e. The first-order valence-electron chi connectivity index (χ1n) is 5.03. The van der Waals surface area contributed by atoms with Gasteiger partial charge in [0.25, 0.3) is 0 Å². The summed E-state index contributed by atoms with van der Waals surface area (Å²) in [7, 11) is 0. The summed E-state index contributed by atoms with van der Waals surface area (Å²) in [6, 6.07) is 0. The van der Waals surface area contributed by atoms with Crippen LogP contribution in [0.25, 0.3) is 0 Å². The van der Waals surface area contributed by atoms with E-state index in [1.54, 1.807) is 6.92 Å². The fourth-order valence-corrected chi connectivity index (χ4v) is 1.94. The molecule has 1 rings (SSSR count).